The minimum Gasteiger partial charge on any atom is -0.497 e. The summed E-state index contributed by atoms with van der Waals surface area (Å²) in [4.78, 5) is 13.1. The number of methoxy groups -OCH3 is 1. The lowest BCUT2D eigenvalue weighted by Crippen LogP contribution is -2.42. The fourth-order valence-corrected chi connectivity index (χ4v) is 2.86. The van der Waals surface area contributed by atoms with Crippen LogP contribution in [0.5, 0.6) is 5.75 Å². The second kappa shape index (κ2) is 8.20. The van der Waals surface area contributed by atoms with Gasteiger partial charge in [0.15, 0.2) is 0 Å². The van der Waals surface area contributed by atoms with Gasteiger partial charge in [0.05, 0.1) is 12.9 Å². The Morgan fingerprint density at radius 1 is 1.15 bits per heavy atom. The van der Waals surface area contributed by atoms with Crippen molar-refractivity contribution in [3.8, 4) is 5.75 Å². The molecule has 1 N–H and O–H groups in total. The van der Waals surface area contributed by atoms with Crippen LogP contribution in [0.4, 0.5) is 0 Å². The SMILES string of the molecule is COc1ccc(SCC(=O)NC(C(C)C)C(C)C)cc1. The van der Waals surface area contributed by atoms with Crippen LogP contribution in [-0.2, 0) is 4.79 Å². The van der Waals surface area contributed by atoms with Crippen molar-refractivity contribution in [3.05, 3.63) is 24.3 Å². The Balaban J connectivity index is 2.45. The van der Waals surface area contributed by atoms with Gasteiger partial charge in [-0.05, 0) is 36.1 Å². The van der Waals surface area contributed by atoms with E-state index in [0.29, 0.717) is 17.6 Å². The smallest absolute Gasteiger partial charge is 0.230 e. The van der Waals surface area contributed by atoms with Gasteiger partial charge in [0.25, 0.3) is 0 Å². The first-order valence-corrected chi connectivity index (χ1v) is 7.98. The fraction of sp³-hybridized carbons (Fsp3) is 0.562. The molecule has 0 saturated carbocycles. The zero-order valence-electron chi connectivity index (χ0n) is 13.0. The van der Waals surface area contributed by atoms with Gasteiger partial charge >= 0.3 is 0 Å². The fourth-order valence-electron chi connectivity index (χ4n) is 2.15. The highest BCUT2D eigenvalue weighted by Gasteiger charge is 2.19. The molecule has 0 saturated heterocycles. The van der Waals surface area contributed by atoms with Gasteiger partial charge < -0.3 is 10.1 Å². The van der Waals surface area contributed by atoms with E-state index in [9.17, 15) is 4.79 Å². The van der Waals surface area contributed by atoms with Crippen molar-refractivity contribution in [2.45, 2.75) is 38.6 Å². The van der Waals surface area contributed by atoms with Crippen molar-refractivity contribution in [1.29, 1.82) is 0 Å². The molecule has 0 spiro atoms. The summed E-state index contributed by atoms with van der Waals surface area (Å²) in [7, 11) is 1.65. The maximum Gasteiger partial charge on any atom is 0.230 e. The molecule has 0 aliphatic carbocycles. The zero-order valence-corrected chi connectivity index (χ0v) is 13.8. The van der Waals surface area contributed by atoms with Gasteiger partial charge in [0, 0.05) is 10.9 Å². The van der Waals surface area contributed by atoms with E-state index >= 15 is 0 Å². The summed E-state index contributed by atoms with van der Waals surface area (Å²) in [5.41, 5.74) is 0. The number of thioether (sulfide) groups is 1. The largest absolute Gasteiger partial charge is 0.497 e. The van der Waals surface area contributed by atoms with E-state index < -0.39 is 0 Å². The molecule has 1 aromatic rings. The summed E-state index contributed by atoms with van der Waals surface area (Å²) in [6.45, 7) is 8.56. The summed E-state index contributed by atoms with van der Waals surface area (Å²) in [5.74, 6) is 2.27. The van der Waals surface area contributed by atoms with Crippen molar-refractivity contribution in [2.75, 3.05) is 12.9 Å². The summed E-state index contributed by atoms with van der Waals surface area (Å²) < 4.78 is 5.11. The first-order chi connectivity index (χ1) is 9.43. The third-order valence-electron chi connectivity index (χ3n) is 3.19. The van der Waals surface area contributed by atoms with Gasteiger partial charge in [0.2, 0.25) is 5.91 Å². The van der Waals surface area contributed by atoms with Crippen molar-refractivity contribution in [3.63, 3.8) is 0 Å². The van der Waals surface area contributed by atoms with E-state index in [-0.39, 0.29) is 11.9 Å². The van der Waals surface area contributed by atoms with Crippen molar-refractivity contribution in [2.24, 2.45) is 11.8 Å². The van der Waals surface area contributed by atoms with E-state index in [0.717, 1.165) is 10.6 Å². The van der Waals surface area contributed by atoms with Crippen LogP contribution in [0.25, 0.3) is 0 Å². The minimum absolute atomic E-state index is 0.0956. The monoisotopic (exact) mass is 295 g/mol. The highest BCUT2D eigenvalue weighted by molar-refractivity contribution is 8.00. The van der Waals surface area contributed by atoms with Crippen LogP contribution in [0.2, 0.25) is 0 Å². The molecule has 20 heavy (non-hydrogen) atoms. The van der Waals surface area contributed by atoms with Crippen LogP contribution in [0, 0.1) is 11.8 Å². The molecular formula is C16H25NO2S. The number of hydrogen-bond donors (Lipinski definition) is 1. The van der Waals surface area contributed by atoms with E-state index in [1.54, 1.807) is 18.9 Å². The molecular weight excluding hydrogens is 270 g/mol. The molecule has 0 radical (unpaired) electrons. The molecule has 0 fully saturated rings. The van der Waals surface area contributed by atoms with E-state index in [4.69, 9.17) is 4.74 Å². The molecule has 0 aliphatic rings. The van der Waals surface area contributed by atoms with Gasteiger partial charge in [-0.2, -0.15) is 0 Å². The van der Waals surface area contributed by atoms with Crippen LogP contribution in [0.15, 0.2) is 29.2 Å². The second-order valence-electron chi connectivity index (χ2n) is 5.55. The second-order valence-corrected chi connectivity index (χ2v) is 6.59. The van der Waals surface area contributed by atoms with Crippen molar-refractivity contribution < 1.29 is 9.53 Å². The number of carbonyl (C=O) groups is 1. The molecule has 0 unspecified atom stereocenters. The Bertz CT molecular complexity index is 407. The number of hydrogen-bond acceptors (Lipinski definition) is 3. The lowest BCUT2D eigenvalue weighted by molar-refractivity contribution is -0.119. The maximum atomic E-state index is 12.0. The van der Waals surface area contributed by atoms with Gasteiger partial charge in [0.1, 0.15) is 5.75 Å². The Hall–Kier alpha value is -1.16. The average molecular weight is 295 g/mol. The van der Waals surface area contributed by atoms with Crippen molar-refractivity contribution in [1.82, 2.24) is 5.32 Å². The number of rotatable bonds is 7. The molecule has 1 amide bonds. The average Bonchev–Trinajstić information content (AvgIpc) is 2.42. The van der Waals surface area contributed by atoms with Gasteiger partial charge in [-0.1, -0.05) is 27.7 Å². The number of ether oxygens (including phenoxy) is 1. The van der Waals surface area contributed by atoms with Crippen LogP contribution < -0.4 is 10.1 Å². The molecule has 4 heteroatoms. The predicted molar refractivity (Wildman–Crippen MR) is 85.3 cm³/mol. The normalized spacial score (nSPS) is 11.2. The van der Waals surface area contributed by atoms with Crippen LogP contribution in [-0.4, -0.2) is 24.8 Å². The molecule has 0 aliphatic heterocycles. The predicted octanol–water partition coefficient (Wildman–Crippen LogP) is 3.58. The number of carbonyl (C=O) groups excluding carboxylic acids is 1. The molecule has 1 aromatic carbocycles. The van der Waals surface area contributed by atoms with Crippen LogP contribution in [0.1, 0.15) is 27.7 Å². The maximum absolute atomic E-state index is 12.0. The lowest BCUT2D eigenvalue weighted by atomic mass is 9.93. The number of amides is 1. The van der Waals surface area contributed by atoms with Gasteiger partial charge in [-0.25, -0.2) is 0 Å². The highest BCUT2D eigenvalue weighted by Crippen LogP contribution is 2.21. The summed E-state index contributed by atoms with van der Waals surface area (Å²) >= 11 is 1.55. The van der Waals surface area contributed by atoms with E-state index in [1.165, 1.54) is 0 Å². The Morgan fingerprint density at radius 3 is 2.15 bits per heavy atom. The number of nitrogens with one attached hydrogen (secondary N) is 1. The highest BCUT2D eigenvalue weighted by atomic mass is 32.2. The first-order valence-electron chi connectivity index (χ1n) is 7.00. The Labute approximate surface area is 126 Å². The molecule has 0 aromatic heterocycles. The standard InChI is InChI=1S/C16H25NO2S/c1-11(2)16(12(3)4)17-15(18)10-20-14-8-6-13(19-5)7-9-14/h6-9,11-12,16H,10H2,1-5H3,(H,17,18). The van der Waals surface area contributed by atoms with Crippen molar-refractivity contribution >= 4 is 17.7 Å². The Morgan fingerprint density at radius 2 is 1.70 bits per heavy atom. The van der Waals surface area contributed by atoms with E-state index in [1.807, 2.05) is 24.3 Å². The summed E-state index contributed by atoms with van der Waals surface area (Å²) in [5, 5.41) is 3.12. The molecule has 112 valence electrons. The third-order valence-corrected chi connectivity index (χ3v) is 4.21. The first kappa shape index (κ1) is 16.9. The molecule has 0 bridgehead atoms. The minimum atomic E-state index is 0.0956. The summed E-state index contributed by atoms with van der Waals surface area (Å²) in [6.07, 6.45) is 0. The molecule has 0 atom stereocenters. The zero-order chi connectivity index (χ0) is 15.1. The van der Waals surface area contributed by atoms with Crippen LogP contribution >= 0.6 is 11.8 Å². The van der Waals surface area contributed by atoms with Gasteiger partial charge in [-0.15, -0.1) is 11.8 Å². The molecule has 0 heterocycles. The number of benzene rings is 1. The molecule has 3 nitrogen and oxygen atoms in total. The van der Waals surface area contributed by atoms with E-state index in [2.05, 4.69) is 33.0 Å². The lowest BCUT2D eigenvalue weighted by Gasteiger charge is -2.26. The topological polar surface area (TPSA) is 38.3 Å². The van der Waals surface area contributed by atoms with Gasteiger partial charge in [-0.3, -0.25) is 4.79 Å². The molecule has 1 rings (SSSR count). The third kappa shape index (κ3) is 5.45. The van der Waals surface area contributed by atoms with Crippen LogP contribution in [0.3, 0.4) is 0 Å². The quantitative estimate of drug-likeness (QED) is 0.781. The summed E-state index contributed by atoms with van der Waals surface area (Å²) in [6, 6.07) is 7.99. The Kier molecular flexibility index (Phi) is 6.93.